The van der Waals surface area contributed by atoms with Gasteiger partial charge in [0.05, 0.1) is 0 Å². The van der Waals surface area contributed by atoms with Gasteiger partial charge in [0.25, 0.3) is 0 Å². The average Bonchev–Trinajstić information content (AvgIpc) is 2.38. The first kappa shape index (κ1) is 11.5. The second kappa shape index (κ2) is 5.94. The predicted molar refractivity (Wildman–Crippen MR) is 67.3 cm³/mol. The van der Waals surface area contributed by atoms with E-state index in [4.69, 9.17) is 0 Å². The van der Waals surface area contributed by atoms with Crippen molar-refractivity contribution in [3.8, 4) is 0 Å². The Balaban J connectivity index is 1.97. The molecule has 1 aromatic rings. The van der Waals surface area contributed by atoms with Crippen LogP contribution < -0.4 is 4.72 Å². The lowest BCUT2D eigenvalue weighted by atomic mass is 9.84. The molecule has 1 N–H and O–H groups in total. The summed E-state index contributed by atoms with van der Waals surface area (Å²) in [5.41, 5.74) is 1.45. The molecule has 0 spiro atoms. The van der Waals surface area contributed by atoms with Crippen molar-refractivity contribution in [3.05, 3.63) is 29.8 Å². The molecule has 2 rings (SSSR count). The molecule has 2 nitrogen and oxygen atoms in total. The number of carbonyl (C=O) groups excluding carboxylic acids is 1. The molecule has 0 saturated heterocycles. The van der Waals surface area contributed by atoms with E-state index in [0.717, 1.165) is 10.8 Å². The van der Waals surface area contributed by atoms with E-state index in [1.165, 1.54) is 49.6 Å². The quantitative estimate of drug-likeness (QED) is 0.639. The van der Waals surface area contributed by atoms with Crippen LogP contribution in [0, 0.1) is 0 Å². The lowest BCUT2D eigenvalue weighted by molar-refractivity contribution is -0.107. The molecule has 1 saturated carbocycles. The topological polar surface area (TPSA) is 29.1 Å². The summed E-state index contributed by atoms with van der Waals surface area (Å²) < 4.78 is 2.60. The van der Waals surface area contributed by atoms with Crippen molar-refractivity contribution in [2.45, 2.75) is 42.9 Å². The molecule has 1 amide bonds. The Morgan fingerprint density at radius 2 is 1.81 bits per heavy atom. The van der Waals surface area contributed by atoms with Gasteiger partial charge in [-0.05, 0) is 48.4 Å². The molecule has 0 atom stereocenters. The second-order valence-corrected chi connectivity index (χ2v) is 5.15. The van der Waals surface area contributed by atoms with Crippen molar-refractivity contribution < 1.29 is 4.79 Å². The second-order valence-electron chi connectivity index (χ2n) is 4.24. The predicted octanol–water partition coefficient (Wildman–Crippen LogP) is 3.49. The zero-order chi connectivity index (χ0) is 11.2. The zero-order valence-electron chi connectivity index (χ0n) is 9.32. The maximum Gasteiger partial charge on any atom is 0.217 e. The highest BCUT2D eigenvalue weighted by molar-refractivity contribution is 7.97. The van der Waals surface area contributed by atoms with E-state index in [-0.39, 0.29) is 0 Å². The summed E-state index contributed by atoms with van der Waals surface area (Å²) in [6.07, 6.45) is 7.51. The normalized spacial score (nSPS) is 17.0. The van der Waals surface area contributed by atoms with Gasteiger partial charge in [-0.3, -0.25) is 9.52 Å². The van der Waals surface area contributed by atoms with Gasteiger partial charge in [-0.2, -0.15) is 0 Å². The van der Waals surface area contributed by atoms with Crippen LogP contribution in [-0.2, 0) is 4.79 Å². The van der Waals surface area contributed by atoms with Crippen LogP contribution in [0.15, 0.2) is 29.2 Å². The fourth-order valence-corrected chi connectivity index (χ4v) is 2.79. The number of amides is 1. The van der Waals surface area contributed by atoms with Gasteiger partial charge in [0.2, 0.25) is 6.41 Å². The minimum absolute atomic E-state index is 0.708. The molecule has 0 radical (unpaired) electrons. The molecule has 1 aliphatic rings. The van der Waals surface area contributed by atoms with Crippen LogP contribution in [0.3, 0.4) is 0 Å². The minimum atomic E-state index is 0.708. The third kappa shape index (κ3) is 3.01. The Labute approximate surface area is 101 Å². The molecule has 0 bridgehead atoms. The first-order chi connectivity index (χ1) is 7.90. The summed E-state index contributed by atoms with van der Waals surface area (Å²) in [7, 11) is 0. The van der Waals surface area contributed by atoms with E-state index >= 15 is 0 Å². The van der Waals surface area contributed by atoms with Crippen molar-refractivity contribution in [3.63, 3.8) is 0 Å². The third-order valence-corrected chi connectivity index (χ3v) is 3.90. The van der Waals surface area contributed by atoms with E-state index in [0.29, 0.717) is 6.41 Å². The van der Waals surface area contributed by atoms with Crippen molar-refractivity contribution >= 4 is 18.4 Å². The third-order valence-electron chi connectivity index (χ3n) is 3.18. The summed E-state index contributed by atoms with van der Waals surface area (Å²) in [5, 5.41) is 0. The number of hydrogen-bond donors (Lipinski definition) is 1. The fraction of sp³-hybridized carbons (Fsp3) is 0.462. The van der Waals surface area contributed by atoms with Gasteiger partial charge in [-0.1, -0.05) is 31.4 Å². The van der Waals surface area contributed by atoms with Crippen molar-refractivity contribution in [2.75, 3.05) is 0 Å². The van der Waals surface area contributed by atoms with Crippen molar-refractivity contribution in [2.24, 2.45) is 0 Å². The maximum absolute atomic E-state index is 10.2. The van der Waals surface area contributed by atoms with Gasteiger partial charge in [-0.15, -0.1) is 0 Å². The van der Waals surface area contributed by atoms with E-state index in [9.17, 15) is 4.79 Å². The largest absolute Gasteiger partial charge is 0.299 e. The molecule has 0 heterocycles. The molecule has 1 aliphatic carbocycles. The summed E-state index contributed by atoms with van der Waals surface area (Å²) >= 11 is 1.36. The van der Waals surface area contributed by atoms with Gasteiger partial charge in [0.15, 0.2) is 0 Å². The van der Waals surface area contributed by atoms with E-state index in [1.807, 2.05) is 0 Å². The number of rotatable bonds is 4. The minimum Gasteiger partial charge on any atom is -0.299 e. The highest BCUT2D eigenvalue weighted by atomic mass is 32.2. The molecule has 1 fully saturated rings. The van der Waals surface area contributed by atoms with E-state index in [2.05, 4.69) is 29.0 Å². The number of hydrogen-bond acceptors (Lipinski definition) is 2. The van der Waals surface area contributed by atoms with Gasteiger partial charge >= 0.3 is 0 Å². The molecule has 16 heavy (non-hydrogen) atoms. The Bertz CT molecular complexity index is 330. The van der Waals surface area contributed by atoms with Crippen LogP contribution in [0.1, 0.15) is 43.6 Å². The zero-order valence-corrected chi connectivity index (χ0v) is 10.1. The highest BCUT2D eigenvalue weighted by Gasteiger charge is 2.14. The Morgan fingerprint density at radius 3 is 2.44 bits per heavy atom. The molecule has 3 heteroatoms. The maximum atomic E-state index is 10.2. The van der Waals surface area contributed by atoms with Crippen LogP contribution in [0.25, 0.3) is 0 Å². The first-order valence-corrected chi connectivity index (χ1v) is 6.68. The standard InChI is InChI=1S/C13H17NOS/c15-10-14-16-13-8-6-12(7-9-13)11-4-2-1-3-5-11/h6-11H,1-5H2,(H,14,15). The van der Waals surface area contributed by atoms with Gasteiger partial charge in [0, 0.05) is 4.90 Å². The molecular weight excluding hydrogens is 218 g/mol. The van der Waals surface area contributed by atoms with Crippen LogP contribution in [0.4, 0.5) is 0 Å². The molecular formula is C13H17NOS. The summed E-state index contributed by atoms with van der Waals surface area (Å²) in [6, 6.07) is 8.58. The molecule has 1 aromatic carbocycles. The fourth-order valence-electron chi connectivity index (χ4n) is 2.34. The van der Waals surface area contributed by atoms with Crippen LogP contribution in [0.2, 0.25) is 0 Å². The monoisotopic (exact) mass is 235 g/mol. The Hall–Kier alpha value is -0.960. The molecule has 0 unspecified atom stereocenters. The number of nitrogens with one attached hydrogen (secondary N) is 1. The van der Waals surface area contributed by atoms with E-state index in [1.54, 1.807) is 0 Å². The first-order valence-electron chi connectivity index (χ1n) is 5.86. The number of carbonyl (C=O) groups is 1. The Kier molecular flexibility index (Phi) is 4.28. The molecule has 0 aromatic heterocycles. The SMILES string of the molecule is O=CNSc1ccc(C2CCCCC2)cc1. The average molecular weight is 235 g/mol. The van der Waals surface area contributed by atoms with Gasteiger partial charge in [-0.25, -0.2) is 0 Å². The van der Waals surface area contributed by atoms with Crippen molar-refractivity contribution in [1.82, 2.24) is 4.72 Å². The van der Waals surface area contributed by atoms with Gasteiger partial charge in [0.1, 0.15) is 0 Å². The lowest BCUT2D eigenvalue weighted by Crippen LogP contribution is -2.04. The summed E-state index contributed by atoms with van der Waals surface area (Å²) in [6.45, 7) is 0. The summed E-state index contributed by atoms with van der Waals surface area (Å²) in [5.74, 6) is 0.756. The van der Waals surface area contributed by atoms with Crippen molar-refractivity contribution in [1.29, 1.82) is 0 Å². The molecule has 0 aliphatic heterocycles. The van der Waals surface area contributed by atoms with Crippen LogP contribution in [-0.4, -0.2) is 6.41 Å². The highest BCUT2D eigenvalue weighted by Crippen LogP contribution is 2.33. The van der Waals surface area contributed by atoms with E-state index < -0.39 is 0 Å². The van der Waals surface area contributed by atoms with Gasteiger partial charge < -0.3 is 0 Å². The smallest absolute Gasteiger partial charge is 0.217 e. The number of benzene rings is 1. The summed E-state index contributed by atoms with van der Waals surface area (Å²) in [4.78, 5) is 11.3. The lowest BCUT2D eigenvalue weighted by Gasteiger charge is -2.21. The molecule has 86 valence electrons. The Morgan fingerprint density at radius 1 is 1.12 bits per heavy atom. The van der Waals surface area contributed by atoms with Crippen LogP contribution >= 0.6 is 11.9 Å². The van der Waals surface area contributed by atoms with Crippen LogP contribution in [0.5, 0.6) is 0 Å².